The van der Waals surface area contributed by atoms with Gasteiger partial charge in [0.15, 0.2) is 5.82 Å². The van der Waals surface area contributed by atoms with Crippen LogP contribution in [0.1, 0.15) is 48.9 Å². The summed E-state index contributed by atoms with van der Waals surface area (Å²) < 4.78 is 28.7. The fourth-order valence-electron chi connectivity index (χ4n) is 4.77. The molecular weight excluding hydrogens is 771 g/mol. The van der Waals surface area contributed by atoms with E-state index in [-0.39, 0.29) is 23.9 Å². The molecule has 0 amide bonds. The molecule has 9 heteroatoms. The second kappa shape index (κ2) is 13.5. The molecule has 0 atom stereocenters. The molecule has 0 N–H and O–H groups in total. The van der Waals surface area contributed by atoms with Gasteiger partial charge < -0.3 is 9.47 Å². The highest BCUT2D eigenvalue weighted by atomic mass is 127. The van der Waals surface area contributed by atoms with Gasteiger partial charge in [0.2, 0.25) is 0 Å². The minimum Gasteiger partial charge on any atom is -0.494 e. The minimum absolute atomic E-state index is 0.204. The standard InChI is InChI=1S/C34H30FI2N3O3/c1-5-42-31-13-21(4)27(17-26(31)20(2)3)33-39-30-12-7-6-11-25(30)34(41)40(33)38-18-23-15-28(36)32(29(37)16-23)43-19-22-9-8-10-24(35)14-22/h6-18,20H,5,19H2,1-4H3. The zero-order valence-electron chi connectivity index (χ0n) is 24.2. The van der Waals surface area contributed by atoms with E-state index >= 15 is 0 Å². The van der Waals surface area contributed by atoms with Crippen molar-refractivity contribution in [1.82, 2.24) is 9.66 Å². The third kappa shape index (κ3) is 6.93. The molecule has 43 heavy (non-hydrogen) atoms. The van der Waals surface area contributed by atoms with Gasteiger partial charge in [-0.25, -0.2) is 9.37 Å². The number of benzene rings is 4. The van der Waals surface area contributed by atoms with Crippen LogP contribution in [0.15, 0.2) is 82.7 Å². The molecule has 5 aromatic rings. The number of halogens is 3. The first-order valence-electron chi connectivity index (χ1n) is 13.9. The first kappa shape index (κ1) is 31.1. The summed E-state index contributed by atoms with van der Waals surface area (Å²) in [7, 11) is 0. The monoisotopic (exact) mass is 801 g/mol. The van der Waals surface area contributed by atoms with Crippen LogP contribution >= 0.6 is 45.2 Å². The Labute approximate surface area is 277 Å². The van der Waals surface area contributed by atoms with Gasteiger partial charge in [-0.15, -0.1) is 0 Å². The first-order chi connectivity index (χ1) is 20.7. The topological polar surface area (TPSA) is 65.7 Å². The smallest absolute Gasteiger partial charge is 0.282 e. The molecule has 0 aliphatic carbocycles. The van der Waals surface area contributed by atoms with Crippen molar-refractivity contribution in [3.8, 4) is 22.9 Å². The largest absolute Gasteiger partial charge is 0.494 e. The van der Waals surface area contributed by atoms with E-state index in [2.05, 4.69) is 70.2 Å². The van der Waals surface area contributed by atoms with Crippen molar-refractivity contribution in [2.24, 2.45) is 5.10 Å². The quantitative estimate of drug-likeness (QED) is 0.111. The van der Waals surface area contributed by atoms with Crippen molar-refractivity contribution in [3.05, 3.63) is 118 Å². The van der Waals surface area contributed by atoms with Gasteiger partial charge in [0.1, 0.15) is 23.9 Å². The summed E-state index contributed by atoms with van der Waals surface area (Å²) in [6, 6.07) is 21.6. The molecule has 0 unspecified atom stereocenters. The van der Waals surface area contributed by atoms with Gasteiger partial charge in [0.25, 0.3) is 5.56 Å². The Balaban J connectivity index is 1.57. The minimum atomic E-state index is -0.296. The van der Waals surface area contributed by atoms with Crippen LogP contribution in [-0.4, -0.2) is 22.5 Å². The van der Waals surface area contributed by atoms with Crippen LogP contribution < -0.4 is 15.0 Å². The normalized spacial score (nSPS) is 11.5. The lowest BCUT2D eigenvalue weighted by atomic mass is 9.96. The lowest BCUT2D eigenvalue weighted by Crippen LogP contribution is -2.21. The Bertz CT molecular complexity index is 1880. The Kier molecular flexibility index (Phi) is 9.80. The highest BCUT2D eigenvalue weighted by molar-refractivity contribution is 14.1. The summed E-state index contributed by atoms with van der Waals surface area (Å²) in [5.41, 5.74) is 4.69. The summed E-state index contributed by atoms with van der Waals surface area (Å²) in [6.07, 6.45) is 1.66. The summed E-state index contributed by atoms with van der Waals surface area (Å²) in [5, 5.41) is 5.18. The summed E-state index contributed by atoms with van der Waals surface area (Å²) in [5.74, 6) is 1.91. The highest BCUT2D eigenvalue weighted by Gasteiger charge is 2.19. The van der Waals surface area contributed by atoms with E-state index in [1.807, 2.05) is 56.3 Å². The van der Waals surface area contributed by atoms with Gasteiger partial charge >= 0.3 is 0 Å². The van der Waals surface area contributed by atoms with Crippen LogP contribution in [0, 0.1) is 19.9 Å². The van der Waals surface area contributed by atoms with Gasteiger partial charge in [-0.3, -0.25) is 4.79 Å². The number of aromatic nitrogens is 2. The zero-order valence-corrected chi connectivity index (χ0v) is 28.5. The first-order valence-corrected chi connectivity index (χ1v) is 16.0. The molecule has 0 aliphatic rings. The van der Waals surface area contributed by atoms with Crippen molar-refractivity contribution >= 4 is 62.3 Å². The van der Waals surface area contributed by atoms with Crippen molar-refractivity contribution in [3.63, 3.8) is 0 Å². The number of rotatable bonds is 9. The molecule has 4 aromatic carbocycles. The number of nitrogens with zero attached hydrogens (tertiary/aromatic N) is 3. The van der Waals surface area contributed by atoms with Crippen molar-refractivity contribution < 1.29 is 13.9 Å². The number of ether oxygens (including phenoxy) is 2. The Morgan fingerprint density at radius 2 is 1.74 bits per heavy atom. The van der Waals surface area contributed by atoms with Crippen LogP contribution in [0.3, 0.4) is 0 Å². The molecular formula is C34H30FI2N3O3. The van der Waals surface area contributed by atoms with Crippen LogP contribution in [0.2, 0.25) is 0 Å². The molecule has 220 valence electrons. The molecule has 6 nitrogen and oxygen atoms in total. The van der Waals surface area contributed by atoms with E-state index in [1.54, 1.807) is 18.3 Å². The molecule has 0 spiro atoms. The predicted molar refractivity (Wildman–Crippen MR) is 187 cm³/mol. The number of hydrogen-bond donors (Lipinski definition) is 0. The van der Waals surface area contributed by atoms with E-state index in [9.17, 15) is 9.18 Å². The van der Waals surface area contributed by atoms with Crippen molar-refractivity contribution in [2.75, 3.05) is 6.61 Å². The van der Waals surface area contributed by atoms with Crippen molar-refractivity contribution in [1.29, 1.82) is 0 Å². The maximum atomic E-state index is 13.8. The highest BCUT2D eigenvalue weighted by Crippen LogP contribution is 2.34. The molecule has 0 saturated heterocycles. The number of para-hydroxylation sites is 1. The van der Waals surface area contributed by atoms with Gasteiger partial charge in [-0.05, 0) is 136 Å². The summed E-state index contributed by atoms with van der Waals surface area (Å²) in [4.78, 5) is 18.7. The molecule has 1 heterocycles. The number of fused-ring (bicyclic) bond motifs is 1. The van der Waals surface area contributed by atoms with Crippen LogP contribution in [-0.2, 0) is 6.61 Å². The van der Waals surface area contributed by atoms with Gasteiger partial charge in [-0.1, -0.05) is 38.1 Å². The second-order valence-electron chi connectivity index (χ2n) is 10.3. The maximum absolute atomic E-state index is 13.8. The lowest BCUT2D eigenvalue weighted by Gasteiger charge is -2.18. The third-order valence-corrected chi connectivity index (χ3v) is 8.49. The van der Waals surface area contributed by atoms with Gasteiger partial charge in [0.05, 0.1) is 30.9 Å². The Hall–Kier alpha value is -3.32. The van der Waals surface area contributed by atoms with E-state index in [1.165, 1.54) is 16.8 Å². The van der Waals surface area contributed by atoms with Crippen molar-refractivity contribution in [2.45, 2.75) is 40.2 Å². The SMILES string of the molecule is CCOc1cc(C)c(-c2nc3ccccc3c(=O)n2N=Cc2cc(I)c(OCc3cccc(F)c3)c(I)c2)cc1C(C)C. The van der Waals surface area contributed by atoms with E-state index in [4.69, 9.17) is 14.5 Å². The second-order valence-corrected chi connectivity index (χ2v) is 12.7. The van der Waals surface area contributed by atoms with Gasteiger partial charge in [-0.2, -0.15) is 9.78 Å². The molecule has 0 aliphatic heterocycles. The average Bonchev–Trinajstić information content (AvgIpc) is 2.96. The molecule has 0 saturated carbocycles. The third-order valence-electron chi connectivity index (χ3n) is 6.89. The van der Waals surface area contributed by atoms with Crippen LogP contribution in [0.4, 0.5) is 4.39 Å². The molecule has 1 aromatic heterocycles. The predicted octanol–water partition coefficient (Wildman–Crippen LogP) is 8.70. The van der Waals surface area contributed by atoms with E-state index in [0.29, 0.717) is 29.1 Å². The number of hydrogen-bond acceptors (Lipinski definition) is 5. The van der Waals surface area contributed by atoms with E-state index < -0.39 is 0 Å². The van der Waals surface area contributed by atoms with Gasteiger partial charge in [0, 0.05) is 5.56 Å². The van der Waals surface area contributed by atoms with E-state index in [0.717, 1.165) is 40.7 Å². The fourth-order valence-corrected chi connectivity index (χ4v) is 6.90. The van der Waals surface area contributed by atoms with Crippen LogP contribution in [0.5, 0.6) is 11.5 Å². The zero-order chi connectivity index (χ0) is 30.7. The molecule has 0 radical (unpaired) electrons. The lowest BCUT2D eigenvalue weighted by molar-refractivity contribution is 0.301. The average molecular weight is 801 g/mol. The maximum Gasteiger partial charge on any atom is 0.282 e. The fraction of sp³-hybridized carbons (Fsp3) is 0.206. The van der Waals surface area contributed by atoms with Crippen LogP contribution in [0.25, 0.3) is 22.3 Å². The molecule has 0 fully saturated rings. The molecule has 5 rings (SSSR count). The summed E-state index contributed by atoms with van der Waals surface area (Å²) in [6.45, 7) is 9.00. The number of aryl methyl sites for hydroxylation is 1. The Morgan fingerprint density at radius 3 is 2.44 bits per heavy atom. The molecule has 0 bridgehead atoms. The Morgan fingerprint density at radius 1 is 1.00 bits per heavy atom. The summed E-state index contributed by atoms with van der Waals surface area (Å²) >= 11 is 4.43.